The highest BCUT2D eigenvalue weighted by atomic mass is 35.5. The van der Waals surface area contributed by atoms with Crippen molar-refractivity contribution in [2.75, 3.05) is 24.8 Å². The molecule has 0 saturated carbocycles. The Labute approximate surface area is 121 Å². The third-order valence-corrected chi connectivity index (χ3v) is 3.14. The summed E-state index contributed by atoms with van der Waals surface area (Å²) in [6.45, 7) is 0. The van der Waals surface area contributed by atoms with E-state index >= 15 is 0 Å². The lowest BCUT2D eigenvalue weighted by Crippen LogP contribution is -2.27. The summed E-state index contributed by atoms with van der Waals surface area (Å²) in [5, 5.41) is 0.268. The maximum Gasteiger partial charge on any atom is 0.278 e. The van der Waals surface area contributed by atoms with E-state index in [0.717, 1.165) is 5.75 Å². The van der Waals surface area contributed by atoms with Crippen LogP contribution in [0.15, 0.2) is 36.4 Å². The molecule has 1 aromatic heterocycles. The van der Waals surface area contributed by atoms with Gasteiger partial charge in [-0.15, -0.1) is 0 Å². The lowest BCUT2D eigenvalue weighted by Gasteiger charge is -2.18. The topological polar surface area (TPSA) is 68.5 Å². The smallest absolute Gasteiger partial charge is 0.278 e. The number of halogens is 1. The van der Waals surface area contributed by atoms with E-state index in [9.17, 15) is 4.79 Å². The SMILES string of the molecule is COc1ccc(N(C)C(=O)c2nc(N)ccc2Cl)cc1. The zero-order chi connectivity index (χ0) is 14.7. The molecule has 1 aromatic carbocycles. The summed E-state index contributed by atoms with van der Waals surface area (Å²) in [6.07, 6.45) is 0. The number of pyridine rings is 1. The van der Waals surface area contributed by atoms with E-state index in [1.807, 2.05) is 0 Å². The Morgan fingerprint density at radius 1 is 1.25 bits per heavy atom. The van der Waals surface area contributed by atoms with E-state index in [1.54, 1.807) is 50.6 Å². The lowest BCUT2D eigenvalue weighted by atomic mass is 10.2. The second-order valence-electron chi connectivity index (χ2n) is 4.13. The second-order valence-corrected chi connectivity index (χ2v) is 4.54. The van der Waals surface area contributed by atoms with E-state index in [2.05, 4.69) is 4.98 Å². The number of rotatable bonds is 3. The van der Waals surface area contributed by atoms with Gasteiger partial charge >= 0.3 is 0 Å². The van der Waals surface area contributed by atoms with Crippen LogP contribution in [0.5, 0.6) is 5.75 Å². The minimum atomic E-state index is -0.326. The number of nitrogen functional groups attached to an aromatic ring is 1. The molecule has 0 saturated heterocycles. The summed E-state index contributed by atoms with van der Waals surface area (Å²) in [5.41, 5.74) is 6.42. The molecule has 6 heteroatoms. The Bertz CT molecular complexity index is 629. The number of ether oxygens (including phenoxy) is 1. The molecule has 104 valence electrons. The van der Waals surface area contributed by atoms with Gasteiger partial charge in [-0.05, 0) is 36.4 Å². The van der Waals surface area contributed by atoms with Crippen LogP contribution >= 0.6 is 11.6 Å². The van der Waals surface area contributed by atoms with Gasteiger partial charge in [0.15, 0.2) is 0 Å². The maximum absolute atomic E-state index is 12.4. The molecule has 0 aliphatic rings. The third kappa shape index (κ3) is 2.83. The number of hydrogen-bond acceptors (Lipinski definition) is 4. The Morgan fingerprint density at radius 2 is 1.90 bits per heavy atom. The molecule has 5 nitrogen and oxygen atoms in total. The number of carbonyl (C=O) groups is 1. The Balaban J connectivity index is 2.29. The molecule has 0 radical (unpaired) electrons. The highest BCUT2D eigenvalue weighted by Crippen LogP contribution is 2.22. The quantitative estimate of drug-likeness (QED) is 0.944. The number of nitrogens with zero attached hydrogens (tertiary/aromatic N) is 2. The molecule has 0 unspecified atom stereocenters. The minimum absolute atomic E-state index is 0.130. The van der Waals surface area contributed by atoms with Crippen molar-refractivity contribution in [1.82, 2.24) is 4.98 Å². The van der Waals surface area contributed by atoms with Gasteiger partial charge in [0.2, 0.25) is 0 Å². The predicted molar refractivity (Wildman–Crippen MR) is 79.4 cm³/mol. The van der Waals surface area contributed by atoms with Crippen molar-refractivity contribution in [3.63, 3.8) is 0 Å². The molecule has 2 N–H and O–H groups in total. The van der Waals surface area contributed by atoms with Crippen LogP contribution < -0.4 is 15.4 Å². The Morgan fingerprint density at radius 3 is 2.50 bits per heavy atom. The van der Waals surface area contributed by atoms with Gasteiger partial charge in [0.25, 0.3) is 5.91 Å². The predicted octanol–water partition coefficient (Wildman–Crippen LogP) is 2.60. The van der Waals surface area contributed by atoms with Crippen LogP contribution in [0.25, 0.3) is 0 Å². The molecule has 1 amide bonds. The highest BCUT2D eigenvalue weighted by Gasteiger charge is 2.18. The average Bonchev–Trinajstić information content (AvgIpc) is 2.48. The maximum atomic E-state index is 12.4. The van der Waals surface area contributed by atoms with Crippen molar-refractivity contribution in [1.29, 1.82) is 0 Å². The summed E-state index contributed by atoms with van der Waals surface area (Å²) in [7, 11) is 3.23. The molecule has 0 fully saturated rings. The van der Waals surface area contributed by atoms with Gasteiger partial charge in [-0.1, -0.05) is 11.6 Å². The number of nitrogens with two attached hydrogens (primary N) is 1. The number of methoxy groups -OCH3 is 1. The van der Waals surface area contributed by atoms with Crippen molar-refractivity contribution in [2.45, 2.75) is 0 Å². The second kappa shape index (κ2) is 5.79. The van der Waals surface area contributed by atoms with E-state index in [0.29, 0.717) is 5.69 Å². The molecule has 2 aromatic rings. The van der Waals surface area contributed by atoms with Gasteiger partial charge in [-0.3, -0.25) is 4.79 Å². The van der Waals surface area contributed by atoms with Crippen LogP contribution in [0.3, 0.4) is 0 Å². The van der Waals surface area contributed by atoms with E-state index in [-0.39, 0.29) is 22.4 Å². The van der Waals surface area contributed by atoms with E-state index < -0.39 is 0 Å². The minimum Gasteiger partial charge on any atom is -0.497 e. The first-order valence-electron chi connectivity index (χ1n) is 5.87. The van der Waals surface area contributed by atoms with E-state index in [4.69, 9.17) is 22.1 Å². The van der Waals surface area contributed by atoms with Crippen molar-refractivity contribution in [3.8, 4) is 5.75 Å². The molecule has 0 spiro atoms. The first-order chi connectivity index (χ1) is 9.52. The normalized spacial score (nSPS) is 10.2. The summed E-state index contributed by atoms with van der Waals surface area (Å²) in [4.78, 5) is 17.8. The molecular weight excluding hydrogens is 278 g/mol. The van der Waals surface area contributed by atoms with Crippen LogP contribution in [0.4, 0.5) is 11.5 Å². The average molecular weight is 292 g/mol. The van der Waals surface area contributed by atoms with Gasteiger partial charge in [0.05, 0.1) is 12.1 Å². The number of hydrogen-bond donors (Lipinski definition) is 1. The zero-order valence-corrected chi connectivity index (χ0v) is 11.9. The standard InChI is InChI=1S/C14H14ClN3O2/c1-18(9-3-5-10(20-2)6-4-9)14(19)13-11(15)7-8-12(16)17-13/h3-8H,1-2H3,(H2,16,17). The third-order valence-electron chi connectivity index (χ3n) is 2.83. The highest BCUT2D eigenvalue weighted by molar-refractivity contribution is 6.34. The fraction of sp³-hybridized carbons (Fsp3) is 0.143. The first kappa shape index (κ1) is 14.1. The Hall–Kier alpha value is -2.27. The van der Waals surface area contributed by atoms with Gasteiger partial charge in [0, 0.05) is 12.7 Å². The Kier molecular flexibility index (Phi) is 4.10. The number of carbonyl (C=O) groups excluding carboxylic acids is 1. The van der Waals surface area contributed by atoms with Gasteiger partial charge < -0.3 is 15.4 Å². The molecular formula is C14H14ClN3O2. The van der Waals surface area contributed by atoms with Crippen LogP contribution in [-0.2, 0) is 0 Å². The summed E-state index contributed by atoms with van der Waals surface area (Å²) < 4.78 is 5.08. The molecule has 1 heterocycles. The lowest BCUT2D eigenvalue weighted by molar-refractivity contribution is 0.0988. The number of anilines is 2. The van der Waals surface area contributed by atoms with Gasteiger partial charge in [-0.2, -0.15) is 0 Å². The summed E-state index contributed by atoms with van der Waals surface area (Å²) >= 11 is 5.98. The molecule has 2 rings (SSSR count). The zero-order valence-electron chi connectivity index (χ0n) is 11.1. The van der Waals surface area contributed by atoms with Crippen LogP contribution in [0.2, 0.25) is 5.02 Å². The molecule has 0 bridgehead atoms. The van der Waals surface area contributed by atoms with Crippen LogP contribution in [0.1, 0.15) is 10.5 Å². The molecule has 20 heavy (non-hydrogen) atoms. The molecule has 0 atom stereocenters. The van der Waals surface area contributed by atoms with E-state index in [1.165, 1.54) is 4.90 Å². The first-order valence-corrected chi connectivity index (χ1v) is 6.25. The summed E-state index contributed by atoms with van der Waals surface area (Å²) in [5.74, 6) is 0.642. The van der Waals surface area contributed by atoms with Gasteiger partial charge in [0.1, 0.15) is 17.3 Å². The van der Waals surface area contributed by atoms with Gasteiger partial charge in [-0.25, -0.2) is 4.98 Å². The summed E-state index contributed by atoms with van der Waals surface area (Å²) in [6, 6.07) is 10.2. The van der Waals surface area contributed by atoms with Crippen molar-refractivity contribution < 1.29 is 9.53 Å². The van der Waals surface area contributed by atoms with Crippen LogP contribution in [-0.4, -0.2) is 25.0 Å². The number of amides is 1. The monoisotopic (exact) mass is 291 g/mol. The fourth-order valence-electron chi connectivity index (χ4n) is 1.69. The largest absolute Gasteiger partial charge is 0.497 e. The van der Waals surface area contributed by atoms with Crippen LogP contribution in [0, 0.1) is 0 Å². The number of benzene rings is 1. The van der Waals surface area contributed by atoms with Crippen molar-refractivity contribution >= 4 is 29.0 Å². The fourth-order valence-corrected chi connectivity index (χ4v) is 1.88. The van der Waals surface area contributed by atoms with Crippen molar-refractivity contribution in [3.05, 3.63) is 47.1 Å². The number of aromatic nitrogens is 1. The molecule has 0 aliphatic carbocycles. The van der Waals surface area contributed by atoms with Crippen molar-refractivity contribution in [2.24, 2.45) is 0 Å². The molecule has 0 aliphatic heterocycles.